The summed E-state index contributed by atoms with van der Waals surface area (Å²) in [6.07, 6.45) is 0. The number of thiazole rings is 1. The van der Waals surface area contributed by atoms with Crippen LogP contribution in [0.5, 0.6) is 0 Å². The van der Waals surface area contributed by atoms with Gasteiger partial charge in [-0.3, -0.25) is 4.79 Å². The van der Waals surface area contributed by atoms with Crippen molar-refractivity contribution in [2.45, 2.75) is 4.34 Å². The lowest BCUT2D eigenvalue weighted by Gasteiger charge is -2.02. The molecule has 0 aliphatic heterocycles. The summed E-state index contributed by atoms with van der Waals surface area (Å²) in [6, 6.07) is 17.5. The molecule has 0 fully saturated rings. The summed E-state index contributed by atoms with van der Waals surface area (Å²) in [5.41, 5.74) is 2.88. The number of carbonyl (C=O) groups is 1. The van der Waals surface area contributed by atoms with Gasteiger partial charge in [0.1, 0.15) is 0 Å². The molecule has 0 saturated carbocycles. The third kappa shape index (κ3) is 3.93. The molecule has 0 saturated heterocycles. The third-order valence-electron chi connectivity index (χ3n) is 3.08. The van der Waals surface area contributed by atoms with E-state index in [1.54, 1.807) is 0 Å². The molecule has 0 radical (unpaired) electrons. The molecule has 6 heteroatoms. The van der Waals surface area contributed by atoms with Crippen molar-refractivity contribution >= 4 is 40.7 Å². The van der Waals surface area contributed by atoms with E-state index in [1.165, 1.54) is 23.1 Å². The van der Waals surface area contributed by atoms with E-state index >= 15 is 0 Å². The molecule has 23 heavy (non-hydrogen) atoms. The SMILES string of the molecule is O=C(O)CSc1nc(-c2ccc(Cl)cc2)c(-c2ccccc2)s1. The Morgan fingerprint density at radius 1 is 1.09 bits per heavy atom. The zero-order valence-corrected chi connectivity index (χ0v) is 14.3. The van der Waals surface area contributed by atoms with Crippen molar-refractivity contribution in [1.29, 1.82) is 0 Å². The van der Waals surface area contributed by atoms with Gasteiger partial charge in [-0.15, -0.1) is 11.3 Å². The Balaban J connectivity index is 2.05. The predicted octanol–water partition coefficient (Wildman–Crippen LogP) is 5.31. The second-order valence-electron chi connectivity index (χ2n) is 4.71. The zero-order chi connectivity index (χ0) is 16.2. The van der Waals surface area contributed by atoms with Crippen LogP contribution in [-0.2, 0) is 4.79 Å². The van der Waals surface area contributed by atoms with Crippen LogP contribution in [0.15, 0.2) is 58.9 Å². The normalized spacial score (nSPS) is 10.7. The van der Waals surface area contributed by atoms with Gasteiger partial charge in [0.25, 0.3) is 0 Å². The van der Waals surface area contributed by atoms with Crippen LogP contribution in [0.25, 0.3) is 21.7 Å². The number of aliphatic carboxylic acids is 1. The van der Waals surface area contributed by atoms with Gasteiger partial charge in [0, 0.05) is 10.6 Å². The number of halogens is 1. The molecule has 3 rings (SSSR count). The van der Waals surface area contributed by atoms with Crippen LogP contribution in [-0.4, -0.2) is 21.8 Å². The van der Waals surface area contributed by atoms with Crippen LogP contribution in [0.3, 0.4) is 0 Å². The fraction of sp³-hybridized carbons (Fsp3) is 0.0588. The Morgan fingerprint density at radius 3 is 2.43 bits per heavy atom. The first-order valence-corrected chi connectivity index (χ1v) is 8.98. The van der Waals surface area contributed by atoms with E-state index < -0.39 is 5.97 Å². The van der Waals surface area contributed by atoms with E-state index in [1.807, 2.05) is 54.6 Å². The molecule has 0 bridgehead atoms. The molecule has 0 amide bonds. The Morgan fingerprint density at radius 2 is 1.78 bits per heavy atom. The number of aromatic nitrogens is 1. The van der Waals surface area contributed by atoms with Gasteiger partial charge >= 0.3 is 5.97 Å². The highest BCUT2D eigenvalue weighted by Crippen LogP contribution is 2.40. The molecule has 1 N–H and O–H groups in total. The maximum Gasteiger partial charge on any atom is 0.313 e. The zero-order valence-electron chi connectivity index (χ0n) is 11.9. The lowest BCUT2D eigenvalue weighted by molar-refractivity contribution is -0.133. The van der Waals surface area contributed by atoms with E-state index in [-0.39, 0.29) is 5.75 Å². The van der Waals surface area contributed by atoms with Gasteiger partial charge in [0.2, 0.25) is 0 Å². The van der Waals surface area contributed by atoms with Crippen molar-refractivity contribution in [3.63, 3.8) is 0 Å². The number of hydrogen-bond donors (Lipinski definition) is 1. The molecular formula is C17H12ClNO2S2. The first-order chi connectivity index (χ1) is 11.1. The first-order valence-electron chi connectivity index (χ1n) is 6.80. The molecule has 1 heterocycles. The highest BCUT2D eigenvalue weighted by Gasteiger charge is 2.16. The molecular weight excluding hydrogens is 350 g/mol. The molecule has 116 valence electrons. The fourth-order valence-electron chi connectivity index (χ4n) is 2.07. The van der Waals surface area contributed by atoms with E-state index in [0.717, 1.165) is 26.0 Å². The summed E-state index contributed by atoms with van der Waals surface area (Å²) < 4.78 is 0.746. The van der Waals surface area contributed by atoms with Gasteiger partial charge in [-0.25, -0.2) is 4.98 Å². The Hall–Kier alpha value is -1.82. The summed E-state index contributed by atoms with van der Waals surface area (Å²) in [5.74, 6) is -0.846. The van der Waals surface area contributed by atoms with Gasteiger partial charge < -0.3 is 5.11 Å². The highest BCUT2D eigenvalue weighted by atomic mass is 35.5. The summed E-state index contributed by atoms with van der Waals surface area (Å²) in [4.78, 5) is 16.4. The van der Waals surface area contributed by atoms with E-state index in [4.69, 9.17) is 16.7 Å². The van der Waals surface area contributed by atoms with Crippen molar-refractivity contribution in [2.24, 2.45) is 0 Å². The number of nitrogens with zero attached hydrogens (tertiary/aromatic N) is 1. The topological polar surface area (TPSA) is 50.2 Å². The Kier molecular flexibility index (Phi) is 5.00. The second-order valence-corrected chi connectivity index (χ2v) is 7.37. The van der Waals surface area contributed by atoms with Gasteiger partial charge in [-0.05, 0) is 17.7 Å². The Bertz CT molecular complexity index is 816. The maximum absolute atomic E-state index is 10.8. The molecule has 0 atom stereocenters. The lowest BCUT2D eigenvalue weighted by atomic mass is 10.1. The van der Waals surface area contributed by atoms with Crippen molar-refractivity contribution in [1.82, 2.24) is 4.98 Å². The van der Waals surface area contributed by atoms with E-state index in [2.05, 4.69) is 4.98 Å². The monoisotopic (exact) mass is 361 g/mol. The van der Waals surface area contributed by atoms with Gasteiger partial charge in [0.15, 0.2) is 4.34 Å². The fourth-order valence-corrected chi connectivity index (χ4v) is 4.09. The minimum absolute atomic E-state index is 0.00179. The van der Waals surface area contributed by atoms with Gasteiger partial charge in [-0.1, -0.05) is 65.8 Å². The van der Waals surface area contributed by atoms with Crippen LogP contribution in [0, 0.1) is 0 Å². The van der Waals surface area contributed by atoms with Crippen molar-refractivity contribution in [3.05, 3.63) is 59.6 Å². The molecule has 2 aromatic carbocycles. The summed E-state index contributed by atoms with van der Waals surface area (Å²) in [6.45, 7) is 0. The number of thioether (sulfide) groups is 1. The highest BCUT2D eigenvalue weighted by molar-refractivity contribution is 8.01. The molecule has 0 spiro atoms. The molecule has 1 aromatic heterocycles. The molecule has 0 aliphatic rings. The third-order valence-corrected chi connectivity index (χ3v) is 5.56. The summed E-state index contributed by atoms with van der Waals surface area (Å²) >= 11 is 8.71. The van der Waals surface area contributed by atoms with Gasteiger partial charge in [-0.2, -0.15) is 0 Å². The smallest absolute Gasteiger partial charge is 0.313 e. The lowest BCUT2D eigenvalue weighted by Crippen LogP contribution is -1.96. The predicted molar refractivity (Wildman–Crippen MR) is 96.4 cm³/mol. The van der Waals surface area contributed by atoms with E-state index in [9.17, 15) is 4.79 Å². The molecule has 0 aliphatic carbocycles. The average Bonchev–Trinajstić information content (AvgIpc) is 2.99. The van der Waals surface area contributed by atoms with Crippen LogP contribution >= 0.6 is 34.7 Å². The molecule has 3 nitrogen and oxygen atoms in total. The van der Waals surface area contributed by atoms with Gasteiger partial charge in [0.05, 0.1) is 16.3 Å². The number of rotatable bonds is 5. The van der Waals surface area contributed by atoms with Crippen LogP contribution in [0.1, 0.15) is 0 Å². The first kappa shape index (κ1) is 16.1. The standard InChI is InChI=1S/C17H12ClNO2S2/c18-13-8-6-11(7-9-13)15-16(12-4-2-1-3-5-12)23-17(19-15)22-10-14(20)21/h1-9H,10H2,(H,20,21). The Labute approximate surface area is 147 Å². The van der Waals surface area contributed by atoms with Crippen LogP contribution in [0.4, 0.5) is 0 Å². The van der Waals surface area contributed by atoms with Crippen LogP contribution < -0.4 is 0 Å². The van der Waals surface area contributed by atoms with Crippen molar-refractivity contribution < 1.29 is 9.90 Å². The largest absolute Gasteiger partial charge is 0.481 e. The number of hydrogen-bond acceptors (Lipinski definition) is 4. The minimum Gasteiger partial charge on any atom is -0.481 e. The number of carboxylic acids is 1. The summed E-state index contributed by atoms with van der Waals surface area (Å²) in [7, 11) is 0. The maximum atomic E-state index is 10.8. The second kappa shape index (κ2) is 7.17. The average molecular weight is 362 g/mol. The van der Waals surface area contributed by atoms with E-state index in [0.29, 0.717) is 5.02 Å². The molecule has 0 unspecified atom stereocenters. The number of benzene rings is 2. The van der Waals surface area contributed by atoms with Crippen molar-refractivity contribution in [3.8, 4) is 21.7 Å². The van der Waals surface area contributed by atoms with Crippen molar-refractivity contribution in [2.75, 3.05) is 5.75 Å². The number of carboxylic acid groups (broad SMARTS) is 1. The van der Waals surface area contributed by atoms with Crippen LogP contribution in [0.2, 0.25) is 5.02 Å². The summed E-state index contributed by atoms with van der Waals surface area (Å²) in [5, 5.41) is 9.53. The minimum atomic E-state index is -0.848. The quantitative estimate of drug-likeness (QED) is 0.626. The molecule has 3 aromatic rings.